The second-order valence-electron chi connectivity index (χ2n) is 13.7. The van der Waals surface area contributed by atoms with Crippen molar-refractivity contribution in [3.05, 3.63) is 80.1 Å². The summed E-state index contributed by atoms with van der Waals surface area (Å²) in [6.07, 6.45) is 3.13. The van der Waals surface area contributed by atoms with Gasteiger partial charge in [0.2, 0.25) is 0 Å². The fourth-order valence-corrected chi connectivity index (χ4v) is 7.31. The highest BCUT2D eigenvalue weighted by atomic mass is 35.5. The van der Waals surface area contributed by atoms with Crippen LogP contribution in [0.2, 0.25) is 10.0 Å². The largest absolute Gasteiger partial charge is 0.490 e. The standard InChI is InChI=1S/C36H43Cl2NO5/c1-7-43-30-16-23(15-25(38)34(30)44-21-22-9-11-24(37)12-10-22)31-32-26(17-35(2,3)19-28(32)40)39(13-8-14-42-6)27-18-36(4,5)20-29(41)33(27)31/h9-12,15-16,31H,7-8,13-14,17-21H2,1-6H3. The van der Waals surface area contributed by atoms with Crippen LogP contribution in [-0.4, -0.2) is 43.3 Å². The number of hydrogen-bond acceptors (Lipinski definition) is 6. The average molecular weight is 641 g/mol. The van der Waals surface area contributed by atoms with Gasteiger partial charge in [0, 0.05) is 66.6 Å². The van der Waals surface area contributed by atoms with Crippen LogP contribution in [0.4, 0.5) is 0 Å². The minimum atomic E-state index is -0.520. The van der Waals surface area contributed by atoms with E-state index in [0.29, 0.717) is 65.3 Å². The number of ketones is 2. The fraction of sp³-hybridized carbons (Fsp3) is 0.500. The molecule has 3 aliphatic rings. The highest BCUT2D eigenvalue weighted by Gasteiger charge is 2.49. The van der Waals surface area contributed by atoms with Gasteiger partial charge in [-0.15, -0.1) is 0 Å². The van der Waals surface area contributed by atoms with Gasteiger partial charge in [-0.2, -0.15) is 0 Å². The quantitative estimate of drug-likeness (QED) is 0.242. The van der Waals surface area contributed by atoms with Gasteiger partial charge in [0.05, 0.1) is 11.6 Å². The van der Waals surface area contributed by atoms with E-state index in [9.17, 15) is 9.59 Å². The summed E-state index contributed by atoms with van der Waals surface area (Å²) >= 11 is 13.0. The predicted molar refractivity (Wildman–Crippen MR) is 174 cm³/mol. The Labute approximate surface area is 271 Å². The minimum absolute atomic E-state index is 0.0827. The molecule has 0 bridgehead atoms. The Morgan fingerprint density at radius 2 is 1.45 bits per heavy atom. The molecule has 1 aliphatic heterocycles. The summed E-state index contributed by atoms with van der Waals surface area (Å²) in [4.78, 5) is 30.5. The summed E-state index contributed by atoms with van der Waals surface area (Å²) in [5, 5.41) is 1.03. The van der Waals surface area contributed by atoms with Crippen LogP contribution in [0.1, 0.15) is 83.8 Å². The smallest absolute Gasteiger partial charge is 0.180 e. The predicted octanol–water partition coefficient (Wildman–Crippen LogP) is 8.69. The van der Waals surface area contributed by atoms with Crippen molar-refractivity contribution in [3.8, 4) is 11.5 Å². The highest BCUT2D eigenvalue weighted by molar-refractivity contribution is 6.32. The lowest BCUT2D eigenvalue weighted by Gasteiger charge is -2.49. The van der Waals surface area contributed by atoms with Gasteiger partial charge in [0.25, 0.3) is 0 Å². The van der Waals surface area contributed by atoms with Crippen molar-refractivity contribution in [2.45, 2.75) is 79.2 Å². The number of ether oxygens (including phenoxy) is 3. The van der Waals surface area contributed by atoms with Gasteiger partial charge in [0.15, 0.2) is 23.1 Å². The van der Waals surface area contributed by atoms with Crippen molar-refractivity contribution < 1.29 is 23.8 Å². The van der Waals surface area contributed by atoms with Crippen LogP contribution in [-0.2, 0) is 20.9 Å². The summed E-state index contributed by atoms with van der Waals surface area (Å²) in [6.45, 7) is 12.5. The van der Waals surface area contributed by atoms with E-state index >= 15 is 0 Å². The van der Waals surface area contributed by atoms with Crippen molar-refractivity contribution in [2.75, 3.05) is 26.9 Å². The second-order valence-corrected chi connectivity index (χ2v) is 14.6. The molecular formula is C36H43Cl2NO5. The molecule has 2 aromatic carbocycles. The topological polar surface area (TPSA) is 65.1 Å². The molecule has 0 N–H and O–H groups in total. The molecule has 0 unspecified atom stereocenters. The van der Waals surface area contributed by atoms with Gasteiger partial charge in [-0.05, 0) is 72.4 Å². The number of methoxy groups -OCH3 is 1. The van der Waals surface area contributed by atoms with Gasteiger partial charge in [-0.1, -0.05) is 63.0 Å². The molecule has 44 heavy (non-hydrogen) atoms. The minimum Gasteiger partial charge on any atom is -0.490 e. The van der Waals surface area contributed by atoms with E-state index in [4.69, 9.17) is 37.4 Å². The van der Waals surface area contributed by atoms with E-state index < -0.39 is 5.92 Å². The molecule has 0 fully saturated rings. The van der Waals surface area contributed by atoms with Gasteiger partial charge in [0.1, 0.15) is 6.61 Å². The highest BCUT2D eigenvalue weighted by Crippen LogP contribution is 2.55. The van der Waals surface area contributed by atoms with E-state index in [-0.39, 0.29) is 29.0 Å². The first-order chi connectivity index (χ1) is 20.8. The molecule has 2 aliphatic carbocycles. The third kappa shape index (κ3) is 6.73. The molecule has 2 aromatic rings. The molecule has 236 valence electrons. The van der Waals surface area contributed by atoms with Crippen molar-refractivity contribution in [3.63, 3.8) is 0 Å². The number of nitrogens with zero attached hydrogens (tertiary/aromatic N) is 1. The van der Waals surface area contributed by atoms with E-state index in [1.165, 1.54) is 0 Å². The summed E-state index contributed by atoms with van der Waals surface area (Å²) < 4.78 is 17.7. The summed E-state index contributed by atoms with van der Waals surface area (Å²) in [6, 6.07) is 11.2. The number of carbonyl (C=O) groups is 2. The third-order valence-electron chi connectivity index (χ3n) is 8.71. The lowest BCUT2D eigenvalue weighted by atomic mass is 9.63. The SMILES string of the molecule is CCOc1cc(C2C3=C(CC(C)(C)CC3=O)N(CCCOC)C3=C2C(=O)CC(C)(C)C3)cc(Cl)c1OCc1ccc(Cl)cc1. The summed E-state index contributed by atoms with van der Waals surface area (Å²) in [5.41, 5.74) is 4.79. The molecule has 5 rings (SSSR count). The van der Waals surface area contributed by atoms with Crippen LogP contribution >= 0.6 is 23.2 Å². The Balaban J connectivity index is 1.65. The number of benzene rings is 2. The molecule has 1 heterocycles. The van der Waals surface area contributed by atoms with Crippen molar-refractivity contribution in [1.82, 2.24) is 4.90 Å². The zero-order valence-corrected chi connectivity index (χ0v) is 28.2. The zero-order chi connectivity index (χ0) is 31.8. The Morgan fingerprint density at radius 3 is 2.00 bits per heavy atom. The Morgan fingerprint density at radius 1 is 0.864 bits per heavy atom. The molecule has 0 saturated heterocycles. The normalized spacial score (nSPS) is 19.7. The zero-order valence-electron chi connectivity index (χ0n) is 26.6. The van der Waals surface area contributed by atoms with Gasteiger partial charge in [-0.25, -0.2) is 0 Å². The van der Waals surface area contributed by atoms with E-state index in [2.05, 4.69) is 32.6 Å². The number of hydrogen-bond donors (Lipinski definition) is 0. The Hall–Kier alpha value is -2.80. The van der Waals surface area contributed by atoms with Crippen LogP contribution in [0.15, 0.2) is 58.9 Å². The second kappa shape index (κ2) is 12.9. The molecule has 8 heteroatoms. The molecule has 0 aromatic heterocycles. The Kier molecular flexibility index (Phi) is 9.55. The number of carbonyl (C=O) groups excluding carboxylic acids is 2. The first-order valence-corrected chi connectivity index (χ1v) is 16.2. The first kappa shape index (κ1) is 32.6. The van der Waals surface area contributed by atoms with Gasteiger partial charge < -0.3 is 19.1 Å². The van der Waals surface area contributed by atoms with Crippen LogP contribution in [0.25, 0.3) is 0 Å². The van der Waals surface area contributed by atoms with Crippen molar-refractivity contribution >= 4 is 34.8 Å². The van der Waals surface area contributed by atoms with Crippen molar-refractivity contribution in [2.24, 2.45) is 10.8 Å². The van der Waals surface area contributed by atoms with Crippen LogP contribution in [0, 0.1) is 10.8 Å². The molecular weight excluding hydrogens is 597 g/mol. The Bertz CT molecular complexity index is 1450. The van der Waals surface area contributed by atoms with Crippen LogP contribution < -0.4 is 9.47 Å². The maximum Gasteiger partial charge on any atom is 0.180 e. The summed E-state index contributed by atoms with van der Waals surface area (Å²) in [7, 11) is 1.70. The maximum atomic E-state index is 14.1. The van der Waals surface area contributed by atoms with Crippen LogP contribution in [0.5, 0.6) is 11.5 Å². The fourth-order valence-electron chi connectivity index (χ4n) is 6.91. The molecule has 6 nitrogen and oxygen atoms in total. The molecule has 0 spiro atoms. The monoisotopic (exact) mass is 639 g/mol. The molecule has 0 atom stereocenters. The van der Waals surface area contributed by atoms with Crippen molar-refractivity contribution in [1.29, 1.82) is 0 Å². The van der Waals surface area contributed by atoms with Gasteiger partial charge in [-0.3, -0.25) is 9.59 Å². The third-order valence-corrected chi connectivity index (χ3v) is 9.25. The number of Topliss-reactive ketones (excluding diaryl/α,β-unsaturated/α-hetero) is 2. The number of allylic oxidation sites excluding steroid dienone is 4. The molecule has 0 radical (unpaired) electrons. The number of halogens is 2. The number of rotatable bonds is 10. The molecule has 0 amide bonds. The summed E-state index contributed by atoms with van der Waals surface area (Å²) in [5.74, 6) is 0.564. The first-order valence-electron chi connectivity index (χ1n) is 15.5. The lowest BCUT2D eigenvalue weighted by molar-refractivity contribution is -0.119. The van der Waals surface area contributed by atoms with Crippen LogP contribution in [0.3, 0.4) is 0 Å². The van der Waals surface area contributed by atoms with E-state index in [1.54, 1.807) is 7.11 Å². The van der Waals surface area contributed by atoms with E-state index in [1.807, 2.05) is 43.3 Å². The lowest BCUT2D eigenvalue weighted by Crippen LogP contribution is -2.44. The van der Waals surface area contributed by atoms with Gasteiger partial charge >= 0.3 is 0 Å². The average Bonchev–Trinajstić information content (AvgIpc) is 2.92. The maximum absolute atomic E-state index is 14.1. The van der Waals surface area contributed by atoms with E-state index in [0.717, 1.165) is 41.8 Å². The molecule has 0 saturated carbocycles.